The minimum atomic E-state index is -0.295. The van der Waals surface area contributed by atoms with Gasteiger partial charge in [-0.1, -0.05) is 83.0 Å². The third kappa shape index (κ3) is 6.37. The SMILES string of the molecule is C=Cc1c2[n-]c(c1C)C=c1[n-]c(c(CCC(=O)OC)c1C)=Cc1[n-]c(c(C)c1CCC(=O)OC)C=c1[n-]c(c(C)c1C=C)=C2.[Fe+4]. The Balaban J connectivity index is 0.00000461. The number of hydrogen-bond donors (Lipinski definition) is 0. The first-order valence-corrected chi connectivity index (χ1v) is 14.5. The summed E-state index contributed by atoms with van der Waals surface area (Å²) in [5.74, 6) is -0.589. The average Bonchev–Trinajstić information content (AvgIpc) is 3.67. The van der Waals surface area contributed by atoms with Gasteiger partial charge in [-0.25, -0.2) is 0 Å². The van der Waals surface area contributed by atoms with Crippen LogP contribution in [0.2, 0.25) is 0 Å². The van der Waals surface area contributed by atoms with Gasteiger partial charge in [0.05, 0.1) is 14.2 Å². The summed E-state index contributed by atoms with van der Waals surface area (Å²) < 4.78 is 9.86. The Bertz CT molecular complexity index is 2070. The number of fused-ring (bicyclic) bond motifs is 8. The first-order valence-electron chi connectivity index (χ1n) is 14.5. The van der Waals surface area contributed by atoms with Crippen LogP contribution in [0.15, 0.2) is 13.2 Å². The van der Waals surface area contributed by atoms with Crippen LogP contribution in [-0.4, -0.2) is 26.2 Å². The summed E-state index contributed by atoms with van der Waals surface area (Å²) in [5.41, 5.74) is 10.6. The fourth-order valence-corrected chi connectivity index (χ4v) is 5.81. The van der Waals surface area contributed by atoms with E-state index in [0.29, 0.717) is 23.9 Å². The van der Waals surface area contributed by atoms with Gasteiger partial charge < -0.3 is 29.4 Å². The van der Waals surface area contributed by atoms with Crippen LogP contribution in [-0.2, 0) is 49.0 Å². The first-order chi connectivity index (χ1) is 21.1. The van der Waals surface area contributed by atoms with Crippen molar-refractivity contribution in [1.82, 2.24) is 19.9 Å². The van der Waals surface area contributed by atoms with E-state index < -0.39 is 0 Å². The van der Waals surface area contributed by atoms with Gasteiger partial charge in [0.25, 0.3) is 0 Å². The number of carbonyl (C=O) groups is 2. The van der Waals surface area contributed by atoms with Crippen molar-refractivity contribution in [2.24, 2.45) is 0 Å². The second kappa shape index (κ2) is 13.7. The molecule has 0 amide bonds. The van der Waals surface area contributed by atoms with Gasteiger partial charge in [-0.05, 0) is 51.7 Å². The molecule has 0 fully saturated rings. The molecule has 8 nitrogen and oxygen atoms in total. The first kappa shape index (κ1) is 33.4. The molecule has 0 spiro atoms. The van der Waals surface area contributed by atoms with Crippen LogP contribution in [0.3, 0.4) is 0 Å². The molecule has 0 saturated carbocycles. The molecule has 0 radical (unpaired) electrons. The number of esters is 2. The Morgan fingerprint density at radius 3 is 1.71 bits per heavy atom. The quantitative estimate of drug-likeness (QED) is 0.186. The fourth-order valence-electron chi connectivity index (χ4n) is 5.81. The molecule has 0 N–H and O–H groups in total. The zero-order chi connectivity index (χ0) is 31.7. The molecule has 0 unspecified atom stereocenters. The van der Waals surface area contributed by atoms with Crippen LogP contribution in [0, 0.1) is 27.7 Å². The van der Waals surface area contributed by atoms with Crippen molar-refractivity contribution in [2.75, 3.05) is 14.2 Å². The van der Waals surface area contributed by atoms with Crippen LogP contribution >= 0.6 is 0 Å². The number of carbonyl (C=O) groups excluding carboxylic acids is 2. The summed E-state index contributed by atoms with van der Waals surface area (Å²) >= 11 is 0. The molecule has 0 atom stereocenters. The van der Waals surface area contributed by atoms with Crippen molar-refractivity contribution in [3.8, 4) is 0 Å². The molecular formula is C36H36FeN4O4. The minimum Gasteiger partial charge on any atom is -0.657 e. The number of hydrogen-bond acceptors (Lipinski definition) is 4. The summed E-state index contributed by atoms with van der Waals surface area (Å²) in [4.78, 5) is 44.3. The molecule has 0 aliphatic carbocycles. The Morgan fingerprint density at radius 1 is 0.600 bits per heavy atom. The predicted molar refractivity (Wildman–Crippen MR) is 172 cm³/mol. The molecule has 1 aliphatic heterocycles. The van der Waals surface area contributed by atoms with E-state index in [1.54, 1.807) is 0 Å². The summed E-state index contributed by atoms with van der Waals surface area (Å²) in [6.07, 6.45) is 12.8. The van der Waals surface area contributed by atoms with E-state index in [9.17, 15) is 9.59 Å². The number of rotatable bonds is 8. The molecule has 4 aromatic heterocycles. The molecule has 8 bridgehead atoms. The molecule has 1 aliphatic rings. The predicted octanol–water partition coefficient (Wildman–Crippen LogP) is 1.87. The van der Waals surface area contributed by atoms with Crippen LogP contribution in [0.25, 0.3) is 36.5 Å². The topological polar surface area (TPSA) is 109 Å². The van der Waals surface area contributed by atoms with Gasteiger partial charge in [-0.15, -0.1) is 44.2 Å². The van der Waals surface area contributed by atoms with Gasteiger partial charge in [0.2, 0.25) is 0 Å². The third-order valence-corrected chi connectivity index (χ3v) is 8.50. The Morgan fingerprint density at radius 2 is 1.09 bits per heavy atom. The standard InChI is InChI=1S/C36H36N4O4.Fe/c1-9-23-19(3)27-15-28-21(5)25(11-13-35(41)43-7)33(39-28)18-34-26(12-14-36(42)44-8)22(6)30(40-34)17-32-24(10-2)20(4)29(38-32)16-31(23)37-27;/h9-10,15-18H,1-2,11-14H2,3-8H3;/q-4;+4. The third-order valence-electron chi connectivity index (χ3n) is 8.50. The zero-order valence-electron chi connectivity index (χ0n) is 26.5. The number of aromatic nitrogens is 4. The normalized spacial score (nSPS) is 11.7. The second-order valence-corrected chi connectivity index (χ2v) is 11.0. The number of ether oxygens (including phenoxy) is 2. The second-order valence-electron chi connectivity index (χ2n) is 11.0. The van der Waals surface area contributed by atoms with Gasteiger partial charge >= 0.3 is 29.0 Å². The van der Waals surface area contributed by atoms with Gasteiger partial charge in [0.15, 0.2) is 0 Å². The van der Waals surface area contributed by atoms with E-state index in [4.69, 9.17) is 29.4 Å². The Kier molecular flexibility index (Phi) is 10.2. The van der Waals surface area contributed by atoms with Crippen molar-refractivity contribution in [1.29, 1.82) is 0 Å². The maximum absolute atomic E-state index is 12.1. The Hall–Kier alpha value is -4.46. The fraction of sp³-hybridized carbons (Fsp3) is 0.278. The van der Waals surface area contributed by atoms with Gasteiger partial charge in [-0.2, -0.15) is 0 Å². The zero-order valence-corrected chi connectivity index (χ0v) is 27.6. The molecule has 45 heavy (non-hydrogen) atoms. The maximum Gasteiger partial charge on any atom is 4.00 e. The van der Waals surface area contributed by atoms with E-state index in [1.807, 2.05) is 64.2 Å². The number of nitrogens with zero attached hydrogens (tertiary/aromatic N) is 4. The van der Waals surface area contributed by atoms with Crippen molar-refractivity contribution in [3.63, 3.8) is 0 Å². The maximum atomic E-state index is 12.1. The Labute approximate surface area is 273 Å². The molecule has 232 valence electrons. The van der Waals surface area contributed by atoms with Crippen LogP contribution in [0.1, 0.15) is 80.1 Å². The summed E-state index contributed by atoms with van der Waals surface area (Å²) in [7, 11) is 2.78. The molecule has 5 rings (SSSR count). The number of methoxy groups -OCH3 is 2. The van der Waals surface area contributed by atoms with Crippen molar-refractivity contribution in [2.45, 2.75) is 53.4 Å². The molecule has 0 saturated heterocycles. The monoisotopic (exact) mass is 644 g/mol. The summed E-state index contributed by atoms with van der Waals surface area (Å²) in [6.45, 7) is 16.2. The van der Waals surface area contributed by atoms with E-state index >= 15 is 0 Å². The van der Waals surface area contributed by atoms with E-state index in [-0.39, 0.29) is 41.8 Å². The van der Waals surface area contributed by atoms with E-state index in [2.05, 4.69) is 13.2 Å². The minimum absolute atomic E-state index is 0. The average molecular weight is 645 g/mol. The summed E-state index contributed by atoms with van der Waals surface area (Å²) in [5, 5.41) is 3.02. The van der Waals surface area contributed by atoms with Crippen LogP contribution in [0.4, 0.5) is 0 Å². The van der Waals surface area contributed by atoms with Gasteiger partial charge in [0.1, 0.15) is 0 Å². The molecular weight excluding hydrogens is 608 g/mol. The summed E-state index contributed by atoms with van der Waals surface area (Å²) in [6, 6.07) is 0. The largest absolute Gasteiger partial charge is 4.00 e. The molecule has 5 heterocycles. The van der Waals surface area contributed by atoms with E-state index in [0.717, 1.165) is 77.6 Å². The molecule has 4 aromatic rings. The smallest absolute Gasteiger partial charge is 0.657 e. The van der Waals surface area contributed by atoms with Crippen LogP contribution in [0.5, 0.6) is 0 Å². The van der Waals surface area contributed by atoms with Crippen LogP contribution < -0.4 is 41.3 Å². The van der Waals surface area contributed by atoms with Crippen molar-refractivity contribution >= 4 is 48.4 Å². The molecule has 0 aromatic carbocycles. The molecule has 9 heteroatoms. The van der Waals surface area contributed by atoms with Crippen molar-refractivity contribution < 1.29 is 36.1 Å². The van der Waals surface area contributed by atoms with Gasteiger partial charge in [-0.3, -0.25) is 9.59 Å². The van der Waals surface area contributed by atoms with Crippen molar-refractivity contribution in [3.05, 3.63) is 102 Å². The van der Waals surface area contributed by atoms with Gasteiger partial charge in [0, 0.05) is 12.8 Å². The van der Waals surface area contributed by atoms with E-state index in [1.165, 1.54) is 14.2 Å².